The number of aryl methyl sites for hydroxylation is 1. The normalized spacial score (nSPS) is 16.9. The molecule has 0 radical (unpaired) electrons. The van der Waals surface area contributed by atoms with Crippen LogP contribution in [0, 0.1) is 11.3 Å². The van der Waals surface area contributed by atoms with Crippen molar-refractivity contribution >= 4 is 46.1 Å². The van der Waals surface area contributed by atoms with Gasteiger partial charge in [0, 0.05) is 49.3 Å². The number of halogens is 1. The average Bonchev–Trinajstić information content (AvgIpc) is 3.91. The van der Waals surface area contributed by atoms with E-state index in [4.69, 9.17) is 18.9 Å². The SMILES string of the molecule is N#Cc1cnc2c(cnn2-c2cc(NC3CC3)c(C(=O)CCC(F)COCCOCCOCCOCCCc3cccc4c3C(=O)N(C3CCC(=O)NC3=O)C4=O)cn2)c1. The molecule has 2 N–H and O–H groups in total. The van der Waals surface area contributed by atoms with Crippen molar-refractivity contribution in [1.29, 1.82) is 5.26 Å². The Labute approximate surface area is 344 Å². The fraction of sp³-hybridized carbons (Fsp3) is 0.452. The number of carbonyl (C=O) groups excluding carboxylic acids is 5. The fourth-order valence-corrected chi connectivity index (χ4v) is 7.03. The van der Waals surface area contributed by atoms with Crippen molar-refractivity contribution in [2.75, 3.05) is 58.2 Å². The summed E-state index contributed by atoms with van der Waals surface area (Å²) in [6.07, 6.45) is 6.42. The largest absolute Gasteiger partial charge is 0.382 e. The van der Waals surface area contributed by atoms with E-state index in [2.05, 4.69) is 31.8 Å². The number of hydrogen-bond donors (Lipinski definition) is 2. The van der Waals surface area contributed by atoms with Crippen LogP contribution in [0.1, 0.15) is 87.1 Å². The van der Waals surface area contributed by atoms with Crippen molar-refractivity contribution in [3.63, 3.8) is 0 Å². The zero-order valence-electron chi connectivity index (χ0n) is 32.9. The van der Waals surface area contributed by atoms with E-state index < -0.39 is 35.8 Å². The molecule has 1 aliphatic carbocycles. The van der Waals surface area contributed by atoms with Gasteiger partial charge in [-0.05, 0) is 56.2 Å². The molecule has 2 atom stereocenters. The van der Waals surface area contributed by atoms with Crippen LogP contribution in [0.2, 0.25) is 0 Å². The summed E-state index contributed by atoms with van der Waals surface area (Å²) in [5, 5.41) is 19.8. The monoisotopic (exact) mass is 824 g/mol. The van der Waals surface area contributed by atoms with Gasteiger partial charge in [0.15, 0.2) is 17.2 Å². The number of Topliss-reactive ketones (excluding diaryl/α,β-unsaturated/α-hetero) is 1. The Morgan fingerprint density at radius 2 is 1.68 bits per heavy atom. The quantitative estimate of drug-likeness (QED) is 0.0620. The van der Waals surface area contributed by atoms with Crippen molar-refractivity contribution in [3.05, 3.63) is 76.7 Å². The van der Waals surface area contributed by atoms with Gasteiger partial charge in [0.25, 0.3) is 11.8 Å². The second-order valence-electron chi connectivity index (χ2n) is 14.7. The molecule has 5 heterocycles. The van der Waals surface area contributed by atoms with Crippen molar-refractivity contribution in [1.82, 2.24) is 30.0 Å². The van der Waals surface area contributed by atoms with Gasteiger partial charge in [-0.1, -0.05) is 12.1 Å². The minimum atomic E-state index is -1.33. The minimum Gasteiger partial charge on any atom is -0.382 e. The molecule has 0 bridgehead atoms. The molecule has 2 aliphatic heterocycles. The molecule has 2 fully saturated rings. The standard InChI is InChI=1S/C42H45FN8O9/c43-29(6-10-35(52)32-24-45-36(20-33(32)48-30-7-8-30)51-39-28(23-47-51)19-26(21-44)22-46-39)25-60-18-17-59-16-15-58-14-13-57-12-2-4-27-3-1-5-31-38(27)42(56)50(41(31)55)34-9-11-37(53)49-40(34)54/h1,3,5,19-20,22-24,29-30,34H,2,4,6-18,25H2,(H,45,48)(H,49,53,54). The molecule has 0 spiro atoms. The van der Waals surface area contributed by atoms with E-state index in [-0.39, 0.29) is 62.9 Å². The third kappa shape index (κ3) is 10.2. The molecule has 2 unspecified atom stereocenters. The Morgan fingerprint density at radius 3 is 2.42 bits per heavy atom. The predicted molar refractivity (Wildman–Crippen MR) is 211 cm³/mol. The predicted octanol–water partition coefficient (Wildman–Crippen LogP) is 3.66. The Balaban J connectivity index is 0.727. The van der Waals surface area contributed by atoms with Gasteiger partial charge in [0.1, 0.15) is 18.3 Å². The molecule has 314 valence electrons. The highest BCUT2D eigenvalue weighted by Crippen LogP contribution is 2.31. The van der Waals surface area contributed by atoms with E-state index >= 15 is 0 Å². The number of nitrogens with one attached hydrogen (secondary N) is 2. The lowest BCUT2D eigenvalue weighted by atomic mass is 9.99. The number of pyridine rings is 2. The van der Waals surface area contributed by atoms with E-state index in [9.17, 15) is 33.6 Å². The van der Waals surface area contributed by atoms with E-state index in [1.807, 2.05) is 0 Å². The highest BCUT2D eigenvalue weighted by Gasteiger charge is 2.45. The Bertz CT molecular complexity index is 2290. The Hall–Kier alpha value is -6.00. The lowest BCUT2D eigenvalue weighted by molar-refractivity contribution is -0.136. The number of benzene rings is 1. The summed E-state index contributed by atoms with van der Waals surface area (Å²) in [6.45, 7) is 2.03. The molecular formula is C42H45FN8O9. The number of piperidine rings is 1. The topological polar surface area (TPSA) is 217 Å². The zero-order valence-corrected chi connectivity index (χ0v) is 32.9. The lowest BCUT2D eigenvalue weighted by Crippen LogP contribution is -2.54. The van der Waals surface area contributed by atoms with Gasteiger partial charge < -0.3 is 24.3 Å². The van der Waals surface area contributed by atoms with Crippen molar-refractivity contribution in [3.8, 4) is 11.9 Å². The summed E-state index contributed by atoms with van der Waals surface area (Å²) in [5.41, 5.74) is 3.19. The van der Waals surface area contributed by atoms with Crippen LogP contribution in [-0.2, 0) is 35.0 Å². The van der Waals surface area contributed by atoms with E-state index in [0.717, 1.165) is 17.7 Å². The zero-order chi connectivity index (χ0) is 42.0. The average molecular weight is 825 g/mol. The first-order valence-electron chi connectivity index (χ1n) is 20.0. The van der Waals surface area contributed by atoms with Crippen LogP contribution in [0.15, 0.2) is 48.9 Å². The molecule has 1 saturated carbocycles. The molecular weight excluding hydrogens is 780 g/mol. The van der Waals surface area contributed by atoms with Crippen molar-refractivity contribution < 1.29 is 47.3 Å². The van der Waals surface area contributed by atoms with Crippen LogP contribution in [0.5, 0.6) is 0 Å². The number of rotatable bonds is 23. The molecule has 18 heteroatoms. The van der Waals surface area contributed by atoms with Gasteiger partial charge in [0.05, 0.1) is 80.4 Å². The number of ether oxygens (including phenoxy) is 4. The Kier molecular flexibility index (Phi) is 13.9. The maximum Gasteiger partial charge on any atom is 0.262 e. The summed E-state index contributed by atoms with van der Waals surface area (Å²) >= 11 is 0. The highest BCUT2D eigenvalue weighted by molar-refractivity contribution is 6.24. The van der Waals surface area contributed by atoms with Crippen molar-refractivity contribution in [2.45, 2.75) is 69.6 Å². The van der Waals surface area contributed by atoms with Crippen molar-refractivity contribution in [2.24, 2.45) is 0 Å². The van der Waals surface area contributed by atoms with Gasteiger partial charge in [-0.3, -0.25) is 34.2 Å². The van der Waals surface area contributed by atoms with Gasteiger partial charge in [-0.2, -0.15) is 15.0 Å². The first-order valence-corrected chi connectivity index (χ1v) is 20.0. The number of aromatic nitrogens is 4. The minimum absolute atomic E-state index is 0.00467. The molecule has 3 aromatic heterocycles. The second-order valence-corrected chi connectivity index (χ2v) is 14.7. The summed E-state index contributed by atoms with van der Waals surface area (Å²) in [6, 6.07) is 9.81. The maximum atomic E-state index is 14.7. The van der Waals surface area contributed by atoms with Crippen LogP contribution < -0.4 is 10.6 Å². The van der Waals surface area contributed by atoms with Crippen LogP contribution >= 0.6 is 0 Å². The van der Waals surface area contributed by atoms with Crippen LogP contribution in [0.25, 0.3) is 16.9 Å². The third-order valence-corrected chi connectivity index (χ3v) is 10.3. The fourth-order valence-electron chi connectivity index (χ4n) is 7.03. The second kappa shape index (κ2) is 19.8. The van der Waals surface area contributed by atoms with Crippen LogP contribution in [0.3, 0.4) is 0 Å². The number of imide groups is 2. The number of ketones is 1. The third-order valence-electron chi connectivity index (χ3n) is 10.3. The number of carbonyl (C=O) groups is 5. The molecule has 1 aromatic carbocycles. The maximum absolute atomic E-state index is 14.7. The summed E-state index contributed by atoms with van der Waals surface area (Å²) in [7, 11) is 0. The number of anilines is 1. The number of hydrogen-bond acceptors (Lipinski definition) is 14. The molecule has 7 rings (SSSR count). The number of amides is 4. The van der Waals surface area contributed by atoms with Gasteiger partial charge >= 0.3 is 0 Å². The first-order chi connectivity index (χ1) is 29.2. The highest BCUT2D eigenvalue weighted by atomic mass is 19.1. The number of fused-ring (bicyclic) bond motifs is 2. The molecule has 4 aromatic rings. The number of nitriles is 1. The first kappa shape index (κ1) is 42.1. The molecule has 3 aliphatic rings. The van der Waals surface area contributed by atoms with Gasteiger partial charge in [-0.15, -0.1) is 0 Å². The van der Waals surface area contributed by atoms with Gasteiger partial charge in [0.2, 0.25) is 11.8 Å². The molecule has 4 amide bonds. The molecule has 1 saturated heterocycles. The smallest absolute Gasteiger partial charge is 0.262 e. The number of nitrogens with zero attached hydrogens (tertiary/aromatic N) is 6. The molecule has 60 heavy (non-hydrogen) atoms. The molecule has 17 nitrogen and oxygen atoms in total. The summed E-state index contributed by atoms with van der Waals surface area (Å²) < 4.78 is 38.3. The van der Waals surface area contributed by atoms with E-state index in [1.165, 1.54) is 12.4 Å². The van der Waals surface area contributed by atoms with E-state index in [1.54, 1.807) is 41.2 Å². The summed E-state index contributed by atoms with van der Waals surface area (Å²) in [4.78, 5) is 73.1. The summed E-state index contributed by atoms with van der Waals surface area (Å²) in [5.74, 6) is -1.89. The van der Waals surface area contributed by atoms with E-state index in [0.29, 0.717) is 90.7 Å². The van der Waals surface area contributed by atoms with Crippen LogP contribution in [-0.4, -0.2) is 125 Å². The van der Waals surface area contributed by atoms with Crippen LogP contribution in [0.4, 0.5) is 10.1 Å². The Morgan fingerprint density at radius 1 is 0.933 bits per heavy atom. The lowest BCUT2D eigenvalue weighted by Gasteiger charge is -2.27. The van der Waals surface area contributed by atoms with Gasteiger partial charge in [-0.25, -0.2) is 14.4 Å². The number of alkyl halides is 1.